The summed E-state index contributed by atoms with van der Waals surface area (Å²) in [6.07, 6.45) is 0. The third-order valence-electron chi connectivity index (χ3n) is 3.41. The molecule has 0 N–H and O–H groups in total. The van der Waals surface area contributed by atoms with Gasteiger partial charge in [-0.2, -0.15) is 0 Å². The molecule has 0 fully saturated rings. The van der Waals surface area contributed by atoms with Gasteiger partial charge in [0.25, 0.3) is 0 Å². The van der Waals surface area contributed by atoms with Crippen molar-refractivity contribution in [3.63, 3.8) is 0 Å². The Labute approximate surface area is 127 Å². The van der Waals surface area contributed by atoms with E-state index in [9.17, 15) is 0 Å². The summed E-state index contributed by atoms with van der Waals surface area (Å²) < 4.78 is 3.58. The van der Waals surface area contributed by atoms with Gasteiger partial charge in [-0.1, -0.05) is 63.9 Å². The van der Waals surface area contributed by atoms with Crippen molar-refractivity contribution in [2.75, 3.05) is 0 Å². The Morgan fingerprint density at radius 1 is 0.895 bits per heavy atom. The van der Waals surface area contributed by atoms with Crippen LogP contribution in [-0.2, 0) is 0 Å². The summed E-state index contributed by atoms with van der Waals surface area (Å²) in [5.74, 6) is 0. The molecule has 0 saturated carbocycles. The largest absolute Gasteiger partial charge is 0.134 e. The highest BCUT2D eigenvalue weighted by atomic mass is 79.9. The van der Waals surface area contributed by atoms with Crippen molar-refractivity contribution in [2.45, 2.75) is 0 Å². The summed E-state index contributed by atoms with van der Waals surface area (Å²) in [6.45, 7) is 0. The molecule has 3 aromatic carbocycles. The first-order valence-corrected chi connectivity index (χ1v) is 7.92. The molecule has 0 bridgehead atoms. The molecule has 0 atom stereocenters. The summed E-state index contributed by atoms with van der Waals surface area (Å²) in [6, 6.07) is 16.8. The summed E-state index contributed by atoms with van der Waals surface area (Å²) in [4.78, 5) is 0. The van der Waals surface area contributed by atoms with Crippen molar-refractivity contribution in [3.05, 3.63) is 58.0 Å². The first-order valence-electron chi connectivity index (χ1n) is 5.93. The van der Waals surface area contributed by atoms with Crippen molar-refractivity contribution in [2.24, 2.45) is 0 Å². The third kappa shape index (κ3) is 1.64. The van der Waals surface area contributed by atoms with E-state index in [1.54, 1.807) is 11.3 Å². The van der Waals surface area contributed by atoms with E-state index in [-0.39, 0.29) is 0 Å². The Balaban J connectivity index is 2.38. The molecule has 0 unspecified atom stereocenters. The van der Waals surface area contributed by atoms with Crippen molar-refractivity contribution < 1.29 is 0 Å². The minimum absolute atomic E-state index is 0.832. The summed E-state index contributed by atoms with van der Waals surface area (Å²) in [5, 5.41) is 5.91. The fraction of sp³-hybridized carbons (Fsp3) is 0. The van der Waals surface area contributed by atoms with Crippen LogP contribution in [0, 0.1) is 0 Å². The van der Waals surface area contributed by atoms with Crippen molar-refractivity contribution in [1.29, 1.82) is 0 Å². The predicted octanol–water partition coefficient (Wildman–Crippen LogP) is 6.62. The molecule has 4 rings (SSSR count). The molecule has 92 valence electrons. The second-order valence-electron chi connectivity index (χ2n) is 4.50. The van der Waals surface area contributed by atoms with E-state index >= 15 is 0 Å². The van der Waals surface area contributed by atoms with Crippen molar-refractivity contribution >= 4 is 69.8 Å². The van der Waals surface area contributed by atoms with Crippen LogP contribution in [0.4, 0.5) is 0 Å². The first kappa shape index (κ1) is 11.7. The van der Waals surface area contributed by atoms with E-state index in [4.69, 9.17) is 11.6 Å². The van der Waals surface area contributed by atoms with Gasteiger partial charge >= 0.3 is 0 Å². The second kappa shape index (κ2) is 4.20. The van der Waals surface area contributed by atoms with Crippen LogP contribution in [0.1, 0.15) is 0 Å². The maximum atomic E-state index is 6.32. The summed E-state index contributed by atoms with van der Waals surface area (Å²) >= 11 is 11.7. The smallest absolute Gasteiger partial charge is 0.0584 e. The molecule has 19 heavy (non-hydrogen) atoms. The Bertz CT molecular complexity index is 940. The lowest BCUT2D eigenvalue weighted by molar-refractivity contribution is 1.78. The lowest BCUT2D eigenvalue weighted by Gasteiger charge is -2.03. The van der Waals surface area contributed by atoms with Crippen molar-refractivity contribution in [3.8, 4) is 0 Å². The number of thiophene rings is 1. The highest BCUT2D eigenvalue weighted by molar-refractivity contribution is 9.10. The molecule has 0 saturated heterocycles. The average molecular weight is 348 g/mol. The molecule has 3 heteroatoms. The lowest BCUT2D eigenvalue weighted by atomic mass is 10.0. The van der Waals surface area contributed by atoms with Crippen LogP contribution in [0.25, 0.3) is 30.9 Å². The number of halogens is 2. The molecule has 0 nitrogen and oxygen atoms in total. The summed E-state index contributed by atoms with van der Waals surface area (Å²) in [5.41, 5.74) is 0. The van der Waals surface area contributed by atoms with Gasteiger partial charge in [-0.25, -0.2) is 0 Å². The van der Waals surface area contributed by atoms with Crippen LogP contribution in [0.5, 0.6) is 0 Å². The number of fused-ring (bicyclic) bond motifs is 5. The molecular formula is C16H8BrClS. The molecule has 0 aliphatic carbocycles. The third-order valence-corrected chi connectivity index (χ3v) is 5.68. The van der Waals surface area contributed by atoms with Gasteiger partial charge in [0.1, 0.15) is 0 Å². The van der Waals surface area contributed by atoms with Gasteiger partial charge in [0.15, 0.2) is 0 Å². The van der Waals surface area contributed by atoms with E-state index in [0.717, 1.165) is 9.50 Å². The maximum Gasteiger partial charge on any atom is 0.0584 e. The van der Waals surface area contributed by atoms with Gasteiger partial charge in [0, 0.05) is 19.9 Å². The Kier molecular flexibility index (Phi) is 2.59. The van der Waals surface area contributed by atoms with E-state index in [1.165, 1.54) is 30.9 Å². The highest BCUT2D eigenvalue weighted by Gasteiger charge is 2.12. The van der Waals surface area contributed by atoms with Crippen LogP contribution >= 0.6 is 38.9 Å². The minimum atomic E-state index is 0.832. The zero-order chi connectivity index (χ0) is 13.0. The average Bonchev–Trinajstić information content (AvgIpc) is 2.79. The van der Waals surface area contributed by atoms with E-state index in [1.807, 2.05) is 12.1 Å². The zero-order valence-corrected chi connectivity index (χ0v) is 12.9. The van der Waals surface area contributed by atoms with Gasteiger partial charge in [-0.05, 0) is 22.9 Å². The van der Waals surface area contributed by atoms with Gasteiger partial charge < -0.3 is 0 Å². The quantitative estimate of drug-likeness (QED) is 0.335. The molecule has 0 radical (unpaired) electrons. The Morgan fingerprint density at radius 2 is 1.63 bits per heavy atom. The van der Waals surface area contributed by atoms with Gasteiger partial charge in [0.2, 0.25) is 0 Å². The number of hydrogen-bond acceptors (Lipinski definition) is 1. The SMILES string of the molecule is Clc1cccc2c1sc1cc(Br)c3ccccc3c12. The number of rotatable bonds is 0. The second-order valence-corrected chi connectivity index (χ2v) is 6.81. The van der Waals surface area contributed by atoms with Crippen LogP contribution in [0.3, 0.4) is 0 Å². The van der Waals surface area contributed by atoms with E-state index in [0.29, 0.717) is 0 Å². The monoisotopic (exact) mass is 346 g/mol. The zero-order valence-electron chi connectivity index (χ0n) is 9.78. The van der Waals surface area contributed by atoms with Gasteiger partial charge in [0.05, 0.1) is 9.72 Å². The fourth-order valence-electron chi connectivity index (χ4n) is 2.58. The van der Waals surface area contributed by atoms with Gasteiger partial charge in [-0.15, -0.1) is 11.3 Å². The molecular weight excluding hydrogens is 340 g/mol. The first-order chi connectivity index (χ1) is 9.25. The molecule has 0 aliphatic rings. The summed E-state index contributed by atoms with van der Waals surface area (Å²) in [7, 11) is 0. The van der Waals surface area contributed by atoms with Crippen molar-refractivity contribution in [1.82, 2.24) is 0 Å². The molecule has 0 amide bonds. The maximum absolute atomic E-state index is 6.32. The Hall–Kier alpha value is -1.09. The van der Waals surface area contributed by atoms with E-state index in [2.05, 4.69) is 52.3 Å². The lowest BCUT2D eigenvalue weighted by Crippen LogP contribution is -1.76. The Morgan fingerprint density at radius 3 is 2.47 bits per heavy atom. The minimum Gasteiger partial charge on any atom is -0.134 e. The normalized spacial score (nSPS) is 11.7. The van der Waals surface area contributed by atoms with E-state index < -0.39 is 0 Å². The van der Waals surface area contributed by atoms with Crippen LogP contribution in [-0.4, -0.2) is 0 Å². The van der Waals surface area contributed by atoms with Gasteiger partial charge in [-0.3, -0.25) is 0 Å². The fourth-order valence-corrected chi connectivity index (χ4v) is 4.77. The number of hydrogen-bond donors (Lipinski definition) is 0. The van der Waals surface area contributed by atoms with Crippen LogP contribution in [0.15, 0.2) is 53.0 Å². The number of benzene rings is 3. The molecule has 1 aromatic heterocycles. The topological polar surface area (TPSA) is 0 Å². The highest BCUT2D eigenvalue weighted by Crippen LogP contribution is 2.43. The molecule has 4 aromatic rings. The predicted molar refractivity (Wildman–Crippen MR) is 89.5 cm³/mol. The standard InChI is InChI=1S/C16H8BrClS/c17-12-8-14-15(10-5-2-1-4-9(10)12)11-6-3-7-13(18)16(11)19-14/h1-8H. The molecule has 0 aliphatic heterocycles. The van der Waals surface area contributed by atoms with Crippen LogP contribution in [0.2, 0.25) is 5.02 Å². The molecule has 1 heterocycles. The van der Waals surface area contributed by atoms with Crippen LogP contribution < -0.4 is 0 Å². The molecule has 0 spiro atoms.